The average molecular weight is 312 g/mol. The fraction of sp³-hybridized carbons (Fsp3) is 0.526. The van der Waals surface area contributed by atoms with Crippen molar-refractivity contribution in [3.05, 3.63) is 52.3 Å². The van der Waals surface area contributed by atoms with Crippen LogP contribution in [0.2, 0.25) is 0 Å². The van der Waals surface area contributed by atoms with E-state index in [1.165, 1.54) is 28.1 Å². The van der Waals surface area contributed by atoms with Crippen LogP contribution in [0.1, 0.15) is 35.0 Å². The van der Waals surface area contributed by atoms with Gasteiger partial charge < -0.3 is 5.32 Å². The maximum atomic E-state index is 4.79. The molecule has 1 fully saturated rings. The predicted octanol–water partition coefficient (Wildman–Crippen LogP) is 2.65. The van der Waals surface area contributed by atoms with E-state index in [1.54, 1.807) is 0 Å². The first-order chi connectivity index (χ1) is 11.0. The summed E-state index contributed by atoms with van der Waals surface area (Å²) in [5, 5.41) is 8.29. The third-order valence-corrected chi connectivity index (χ3v) is 4.82. The average Bonchev–Trinajstić information content (AvgIpc) is 2.77. The Labute approximate surface area is 139 Å². The lowest BCUT2D eigenvalue weighted by Gasteiger charge is -2.31. The second-order valence-corrected chi connectivity index (χ2v) is 6.88. The van der Waals surface area contributed by atoms with Crippen molar-refractivity contribution in [1.82, 2.24) is 20.0 Å². The van der Waals surface area contributed by atoms with Gasteiger partial charge in [0.1, 0.15) is 0 Å². The molecule has 4 heteroatoms. The van der Waals surface area contributed by atoms with Gasteiger partial charge in [-0.15, -0.1) is 0 Å². The molecule has 1 N–H and O–H groups in total. The number of rotatable bonds is 4. The Bertz CT molecular complexity index is 657. The maximum Gasteiger partial charge on any atom is 0.0662 e. The summed E-state index contributed by atoms with van der Waals surface area (Å²) in [6.45, 7) is 13.9. The van der Waals surface area contributed by atoms with E-state index in [2.05, 4.69) is 66.9 Å². The molecule has 0 spiro atoms. The van der Waals surface area contributed by atoms with Gasteiger partial charge in [0.25, 0.3) is 0 Å². The number of nitrogens with zero attached hydrogens (tertiary/aromatic N) is 3. The SMILES string of the molecule is Cc1ccc(Cn2nc(C)c(CN3CCNC(C)C3)c2C)cc1. The number of benzene rings is 1. The summed E-state index contributed by atoms with van der Waals surface area (Å²) in [7, 11) is 0. The molecule has 0 bridgehead atoms. The Morgan fingerprint density at radius 1 is 1.13 bits per heavy atom. The van der Waals surface area contributed by atoms with Crippen molar-refractivity contribution in [3.8, 4) is 0 Å². The number of aromatic nitrogens is 2. The van der Waals surface area contributed by atoms with Crippen LogP contribution in [0.25, 0.3) is 0 Å². The molecule has 0 aliphatic carbocycles. The van der Waals surface area contributed by atoms with Crippen LogP contribution in [0.3, 0.4) is 0 Å². The van der Waals surface area contributed by atoms with Gasteiger partial charge in [0, 0.05) is 43.5 Å². The Morgan fingerprint density at radius 2 is 1.87 bits per heavy atom. The molecule has 2 heterocycles. The summed E-state index contributed by atoms with van der Waals surface area (Å²) in [4.78, 5) is 2.54. The number of hydrogen-bond donors (Lipinski definition) is 1. The normalized spacial score (nSPS) is 19.2. The van der Waals surface area contributed by atoms with E-state index in [4.69, 9.17) is 5.10 Å². The Morgan fingerprint density at radius 3 is 2.57 bits per heavy atom. The number of hydrogen-bond acceptors (Lipinski definition) is 3. The van der Waals surface area contributed by atoms with Crippen molar-refractivity contribution < 1.29 is 0 Å². The van der Waals surface area contributed by atoms with Crippen molar-refractivity contribution in [3.63, 3.8) is 0 Å². The van der Waals surface area contributed by atoms with Crippen LogP contribution in [0.4, 0.5) is 0 Å². The van der Waals surface area contributed by atoms with Crippen molar-refractivity contribution in [2.45, 2.75) is 46.8 Å². The Hall–Kier alpha value is -1.65. The number of piperazine rings is 1. The molecule has 0 saturated carbocycles. The van der Waals surface area contributed by atoms with Crippen LogP contribution in [-0.4, -0.2) is 40.4 Å². The van der Waals surface area contributed by atoms with Gasteiger partial charge in [-0.25, -0.2) is 0 Å². The molecule has 3 rings (SSSR count). The zero-order chi connectivity index (χ0) is 16.4. The first-order valence-corrected chi connectivity index (χ1v) is 8.57. The van der Waals surface area contributed by atoms with Crippen LogP contribution >= 0.6 is 0 Å². The largest absolute Gasteiger partial charge is 0.312 e. The van der Waals surface area contributed by atoms with Gasteiger partial charge in [0.05, 0.1) is 12.2 Å². The minimum Gasteiger partial charge on any atom is -0.312 e. The first kappa shape index (κ1) is 16.2. The highest BCUT2D eigenvalue weighted by atomic mass is 15.3. The zero-order valence-electron chi connectivity index (χ0n) is 14.8. The van der Waals surface area contributed by atoms with Gasteiger partial charge in [0.2, 0.25) is 0 Å². The second-order valence-electron chi connectivity index (χ2n) is 6.88. The molecular weight excluding hydrogens is 284 g/mol. The maximum absolute atomic E-state index is 4.79. The van der Waals surface area contributed by atoms with E-state index >= 15 is 0 Å². The molecule has 0 amide bonds. The van der Waals surface area contributed by atoms with E-state index in [-0.39, 0.29) is 0 Å². The van der Waals surface area contributed by atoms with Gasteiger partial charge >= 0.3 is 0 Å². The van der Waals surface area contributed by atoms with E-state index < -0.39 is 0 Å². The van der Waals surface area contributed by atoms with Gasteiger partial charge in [-0.1, -0.05) is 29.8 Å². The lowest BCUT2D eigenvalue weighted by molar-refractivity contribution is 0.199. The molecule has 1 aromatic heterocycles. The Balaban J connectivity index is 1.75. The smallest absolute Gasteiger partial charge is 0.0662 e. The van der Waals surface area contributed by atoms with Gasteiger partial charge in [-0.05, 0) is 33.3 Å². The van der Waals surface area contributed by atoms with Crippen LogP contribution in [0.15, 0.2) is 24.3 Å². The fourth-order valence-corrected chi connectivity index (χ4v) is 3.36. The van der Waals surface area contributed by atoms with E-state index in [0.717, 1.165) is 32.7 Å². The predicted molar refractivity (Wildman–Crippen MR) is 94.7 cm³/mol. The Kier molecular flexibility index (Phi) is 4.83. The molecular formula is C19H28N4. The minimum absolute atomic E-state index is 0.576. The zero-order valence-corrected chi connectivity index (χ0v) is 14.8. The summed E-state index contributed by atoms with van der Waals surface area (Å²) >= 11 is 0. The highest BCUT2D eigenvalue weighted by molar-refractivity contribution is 5.27. The second kappa shape index (κ2) is 6.85. The summed E-state index contributed by atoms with van der Waals surface area (Å²) in [5.74, 6) is 0. The third kappa shape index (κ3) is 3.82. The number of aryl methyl sites for hydroxylation is 2. The summed E-state index contributed by atoms with van der Waals surface area (Å²) in [5.41, 5.74) is 6.47. The van der Waals surface area contributed by atoms with Crippen LogP contribution in [0, 0.1) is 20.8 Å². The minimum atomic E-state index is 0.576. The summed E-state index contributed by atoms with van der Waals surface area (Å²) in [6, 6.07) is 9.31. The quantitative estimate of drug-likeness (QED) is 0.942. The van der Waals surface area contributed by atoms with E-state index in [0.29, 0.717) is 6.04 Å². The topological polar surface area (TPSA) is 33.1 Å². The van der Waals surface area contributed by atoms with Crippen LogP contribution < -0.4 is 5.32 Å². The van der Waals surface area contributed by atoms with Crippen molar-refractivity contribution >= 4 is 0 Å². The fourth-order valence-electron chi connectivity index (χ4n) is 3.36. The molecule has 1 aliphatic heterocycles. The lowest BCUT2D eigenvalue weighted by atomic mass is 10.1. The summed E-state index contributed by atoms with van der Waals surface area (Å²) in [6.07, 6.45) is 0. The lowest BCUT2D eigenvalue weighted by Crippen LogP contribution is -2.48. The van der Waals surface area contributed by atoms with Crippen molar-refractivity contribution in [2.24, 2.45) is 0 Å². The molecule has 1 saturated heterocycles. The molecule has 1 atom stereocenters. The first-order valence-electron chi connectivity index (χ1n) is 8.57. The van der Waals surface area contributed by atoms with Gasteiger partial charge in [-0.3, -0.25) is 9.58 Å². The molecule has 23 heavy (non-hydrogen) atoms. The van der Waals surface area contributed by atoms with Crippen molar-refractivity contribution in [1.29, 1.82) is 0 Å². The molecule has 1 aliphatic rings. The van der Waals surface area contributed by atoms with E-state index in [9.17, 15) is 0 Å². The summed E-state index contributed by atoms with van der Waals surface area (Å²) < 4.78 is 2.15. The monoisotopic (exact) mass is 312 g/mol. The van der Waals surface area contributed by atoms with Crippen LogP contribution in [0.5, 0.6) is 0 Å². The molecule has 4 nitrogen and oxygen atoms in total. The molecule has 2 aromatic rings. The molecule has 124 valence electrons. The van der Waals surface area contributed by atoms with Gasteiger partial charge in [-0.2, -0.15) is 5.10 Å². The molecule has 1 unspecified atom stereocenters. The highest BCUT2D eigenvalue weighted by Gasteiger charge is 2.19. The molecule has 0 radical (unpaired) electrons. The standard InChI is InChI=1S/C19H28N4/c1-14-5-7-18(8-6-14)12-23-17(4)19(16(3)21-23)13-22-10-9-20-15(2)11-22/h5-8,15,20H,9-13H2,1-4H3. The van der Waals surface area contributed by atoms with Crippen molar-refractivity contribution in [2.75, 3.05) is 19.6 Å². The third-order valence-electron chi connectivity index (χ3n) is 4.82. The molecule has 1 aromatic carbocycles. The highest BCUT2D eigenvalue weighted by Crippen LogP contribution is 2.18. The van der Waals surface area contributed by atoms with E-state index in [1.807, 2.05) is 0 Å². The number of nitrogens with one attached hydrogen (secondary N) is 1. The van der Waals surface area contributed by atoms with Crippen LogP contribution in [-0.2, 0) is 13.1 Å². The van der Waals surface area contributed by atoms with Gasteiger partial charge in [0.15, 0.2) is 0 Å².